The molecular weight excluding hydrogens is 394 g/mol. The van der Waals surface area contributed by atoms with E-state index < -0.39 is 5.41 Å². The molecule has 0 aliphatic carbocycles. The number of hydrogen-bond donors (Lipinski definition) is 2. The molecule has 148 valence electrons. The van der Waals surface area contributed by atoms with Crippen LogP contribution in [0.2, 0.25) is 0 Å². The van der Waals surface area contributed by atoms with E-state index in [9.17, 15) is 9.59 Å². The zero-order chi connectivity index (χ0) is 20.5. The number of benzene rings is 1. The molecule has 2 heterocycles. The maximum Gasteiger partial charge on any atom is 0.267 e. The Balaban J connectivity index is 1.76. The van der Waals surface area contributed by atoms with Crippen molar-refractivity contribution in [3.63, 3.8) is 0 Å². The molecule has 0 aliphatic heterocycles. The molecule has 2 N–H and O–H groups in total. The van der Waals surface area contributed by atoms with Gasteiger partial charge in [-0.05, 0) is 43.7 Å². The normalized spacial score (nSPS) is 11.5. The van der Waals surface area contributed by atoms with Crippen molar-refractivity contribution < 1.29 is 14.3 Å². The molecule has 0 saturated heterocycles. The number of nitrogens with one attached hydrogen (secondary N) is 2. The van der Waals surface area contributed by atoms with Crippen molar-refractivity contribution in [2.24, 2.45) is 5.41 Å². The van der Waals surface area contributed by atoms with Gasteiger partial charge in [-0.2, -0.15) is 0 Å². The van der Waals surface area contributed by atoms with Gasteiger partial charge in [0.2, 0.25) is 5.91 Å². The molecule has 2 amide bonds. The molecule has 0 aliphatic rings. The van der Waals surface area contributed by atoms with Crippen LogP contribution in [0, 0.1) is 12.3 Å². The summed E-state index contributed by atoms with van der Waals surface area (Å²) in [5, 5.41) is 6.93. The molecule has 0 fully saturated rings. The maximum absolute atomic E-state index is 12.7. The summed E-state index contributed by atoms with van der Waals surface area (Å²) in [5.41, 5.74) is 1.12. The molecule has 0 spiro atoms. The van der Waals surface area contributed by atoms with Crippen LogP contribution < -0.4 is 15.4 Å². The summed E-state index contributed by atoms with van der Waals surface area (Å²) < 4.78 is 6.45. The Kier molecular flexibility index (Phi) is 5.71. The highest BCUT2D eigenvalue weighted by Crippen LogP contribution is 2.32. The van der Waals surface area contributed by atoms with Crippen molar-refractivity contribution in [2.75, 3.05) is 17.2 Å². The van der Waals surface area contributed by atoms with Gasteiger partial charge in [-0.15, -0.1) is 11.3 Å². The Morgan fingerprint density at radius 1 is 1.14 bits per heavy atom. The van der Waals surface area contributed by atoms with E-state index in [0.29, 0.717) is 21.6 Å². The Morgan fingerprint density at radius 2 is 1.89 bits per heavy atom. The number of carbonyl (C=O) groups is 2. The van der Waals surface area contributed by atoms with Crippen LogP contribution in [0.15, 0.2) is 24.3 Å². The van der Waals surface area contributed by atoms with Crippen LogP contribution >= 0.6 is 22.7 Å². The highest BCUT2D eigenvalue weighted by atomic mass is 32.1. The van der Waals surface area contributed by atoms with Gasteiger partial charge in [-0.25, -0.2) is 4.98 Å². The van der Waals surface area contributed by atoms with E-state index in [1.54, 1.807) is 0 Å². The van der Waals surface area contributed by atoms with Crippen LogP contribution in [0.5, 0.6) is 5.75 Å². The van der Waals surface area contributed by atoms with E-state index in [4.69, 9.17) is 4.74 Å². The van der Waals surface area contributed by atoms with E-state index in [-0.39, 0.29) is 11.8 Å². The molecule has 3 rings (SSSR count). The van der Waals surface area contributed by atoms with Crippen LogP contribution in [-0.2, 0) is 4.79 Å². The third kappa shape index (κ3) is 4.51. The largest absolute Gasteiger partial charge is 0.494 e. The summed E-state index contributed by atoms with van der Waals surface area (Å²) in [4.78, 5) is 29.9. The second kappa shape index (κ2) is 7.89. The van der Waals surface area contributed by atoms with E-state index in [1.807, 2.05) is 58.9 Å². The molecule has 0 atom stereocenters. The molecule has 2 aromatic heterocycles. The predicted molar refractivity (Wildman–Crippen MR) is 116 cm³/mol. The fourth-order valence-electron chi connectivity index (χ4n) is 2.44. The van der Waals surface area contributed by atoms with Crippen molar-refractivity contribution in [1.29, 1.82) is 0 Å². The van der Waals surface area contributed by atoms with E-state index in [0.717, 1.165) is 21.5 Å². The van der Waals surface area contributed by atoms with Crippen LogP contribution in [0.4, 0.5) is 10.1 Å². The van der Waals surface area contributed by atoms with E-state index in [1.165, 1.54) is 22.7 Å². The Morgan fingerprint density at radius 3 is 2.57 bits per heavy atom. The molecule has 28 heavy (non-hydrogen) atoms. The SMILES string of the molecule is CCOc1ccc2nc(NC(=O)c3sc(NC(=O)C(C)(C)C)cc3C)sc2c1. The number of anilines is 2. The summed E-state index contributed by atoms with van der Waals surface area (Å²) in [6.45, 7) is 9.93. The number of ether oxygens (including phenoxy) is 1. The van der Waals surface area contributed by atoms with Crippen LogP contribution in [0.1, 0.15) is 42.9 Å². The van der Waals surface area contributed by atoms with Gasteiger partial charge in [-0.1, -0.05) is 32.1 Å². The lowest BCUT2D eigenvalue weighted by Crippen LogP contribution is -2.27. The van der Waals surface area contributed by atoms with Gasteiger partial charge in [0.05, 0.1) is 26.7 Å². The first kappa shape index (κ1) is 20.3. The lowest BCUT2D eigenvalue weighted by atomic mass is 9.96. The summed E-state index contributed by atoms with van der Waals surface area (Å²) in [6.07, 6.45) is 0. The van der Waals surface area contributed by atoms with Crippen molar-refractivity contribution in [3.05, 3.63) is 34.7 Å². The number of hydrogen-bond acceptors (Lipinski definition) is 6. The number of nitrogens with zero attached hydrogens (tertiary/aromatic N) is 1. The standard InChI is InChI=1S/C20H23N3O3S2/c1-6-26-12-7-8-13-14(10-12)27-19(21-13)23-17(24)16-11(2)9-15(28-16)22-18(25)20(3,4)5/h7-10H,6H2,1-5H3,(H,22,25)(H,21,23,24). The molecule has 8 heteroatoms. The first-order valence-corrected chi connectivity index (χ1v) is 10.6. The second-order valence-corrected chi connectivity index (χ2v) is 9.45. The quantitative estimate of drug-likeness (QED) is 0.590. The van der Waals surface area contributed by atoms with Crippen LogP contribution in [-0.4, -0.2) is 23.4 Å². The zero-order valence-corrected chi connectivity index (χ0v) is 18.1. The zero-order valence-electron chi connectivity index (χ0n) is 16.5. The van der Waals surface area contributed by atoms with Gasteiger partial charge in [0, 0.05) is 5.41 Å². The summed E-state index contributed by atoms with van der Waals surface area (Å²) in [7, 11) is 0. The highest BCUT2D eigenvalue weighted by molar-refractivity contribution is 7.22. The van der Waals surface area contributed by atoms with Gasteiger partial charge in [0.1, 0.15) is 5.75 Å². The Labute approximate surface area is 171 Å². The monoisotopic (exact) mass is 417 g/mol. The van der Waals surface area contributed by atoms with E-state index >= 15 is 0 Å². The lowest BCUT2D eigenvalue weighted by Gasteiger charge is -2.16. The van der Waals surface area contributed by atoms with Gasteiger partial charge in [0.15, 0.2) is 5.13 Å². The molecule has 0 unspecified atom stereocenters. The van der Waals surface area contributed by atoms with Crippen LogP contribution in [0.25, 0.3) is 10.2 Å². The Bertz CT molecular complexity index is 1030. The van der Waals surface area contributed by atoms with Crippen molar-refractivity contribution >= 4 is 54.8 Å². The first-order valence-electron chi connectivity index (χ1n) is 8.94. The number of thiophene rings is 1. The van der Waals surface area contributed by atoms with Crippen LogP contribution in [0.3, 0.4) is 0 Å². The number of rotatable bonds is 5. The third-order valence-corrected chi connectivity index (χ3v) is 6.02. The van der Waals surface area contributed by atoms with Crippen molar-refractivity contribution in [2.45, 2.75) is 34.6 Å². The number of carbonyl (C=O) groups excluding carboxylic acids is 2. The minimum Gasteiger partial charge on any atom is -0.494 e. The van der Waals surface area contributed by atoms with E-state index in [2.05, 4.69) is 15.6 Å². The average Bonchev–Trinajstić information content (AvgIpc) is 3.16. The lowest BCUT2D eigenvalue weighted by molar-refractivity contribution is -0.123. The number of thiazole rings is 1. The number of amides is 2. The first-order chi connectivity index (χ1) is 13.2. The topological polar surface area (TPSA) is 80.3 Å². The van der Waals surface area contributed by atoms with Gasteiger partial charge < -0.3 is 10.1 Å². The minimum atomic E-state index is -0.498. The summed E-state index contributed by atoms with van der Waals surface area (Å²) in [6, 6.07) is 7.48. The number of aryl methyl sites for hydroxylation is 1. The maximum atomic E-state index is 12.7. The Hall–Kier alpha value is -2.45. The fraction of sp³-hybridized carbons (Fsp3) is 0.350. The minimum absolute atomic E-state index is 0.0861. The third-order valence-electron chi connectivity index (χ3n) is 3.93. The molecule has 0 saturated carbocycles. The molecule has 3 aromatic rings. The molecular formula is C20H23N3O3S2. The summed E-state index contributed by atoms with van der Waals surface area (Å²) >= 11 is 2.66. The molecule has 0 bridgehead atoms. The smallest absolute Gasteiger partial charge is 0.267 e. The predicted octanol–water partition coefficient (Wildman–Crippen LogP) is 5.30. The average molecular weight is 418 g/mol. The molecule has 0 radical (unpaired) electrons. The molecule has 6 nitrogen and oxygen atoms in total. The van der Waals surface area contributed by atoms with Gasteiger partial charge in [0.25, 0.3) is 5.91 Å². The van der Waals surface area contributed by atoms with Crippen molar-refractivity contribution in [3.8, 4) is 5.75 Å². The fourth-order valence-corrected chi connectivity index (χ4v) is 4.29. The second-order valence-electron chi connectivity index (χ2n) is 7.36. The highest BCUT2D eigenvalue weighted by Gasteiger charge is 2.23. The van der Waals surface area contributed by atoms with Gasteiger partial charge in [-0.3, -0.25) is 14.9 Å². The number of aromatic nitrogens is 1. The van der Waals surface area contributed by atoms with Crippen molar-refractivity contribution in [1.82, 2.24) is 4.98 Å². The number of fused-ring (bicyclic) bond motifs is 1. The summed E-state index contributed by atoms with van der Waals surface area (Å²) in [5.74, 6) is 0.463. The van der Waals surface area contributed by atoms with Gasteiger partial charge >= 0.3 is 0 Å². The molecule has 1 aromatic carbocycles.